The summed E-state index contributed by atoms with van der Waals surface area (Å²) in [6, 6.07) is 0. The van der Waals surface area contributed by atoms with Gasteiger partial charge < -0.3 is 5.11 Å². The Kier molecular flexibility index (Phi) is 11.2. The zero-order valence-corrected chi connectivity index (χ0v) is 18.6. The Labute approximate surface area is 191 Å². The van der Waals surface area contributed by atoms with Gasteiger partial charge in [-0.15, -0.1) is 0 Å². The van der Waals surface area contributed by atoms with Crippen LogP contribution < -0.4 is 4.72 Å². The lowest BCUT2D eigenvalue weighted by Crippen LogP contribution is -2.55. The van der Waals surface area contributed by atoms with Gasteiger partial charge in [0.05, 0.1) is 18.2 Å². The van der Waals surface area contributed by atoms with Crippen molar-refractivity contribution in [2.24, 2.45) is 5.92 Å². The molecule has 1 unspecified atom stereocenters. The third kappa shape index (κ3) is 11.4. The molecule has 0 spiro atoms. The van der Waals surface area contributed by atoms with Crippen LogP contribution in [0.4, 0.5) is 52.7 Å². The summed E-state index contributed by atoms with van der Waals surface area (Å²) in [5.74, 6) is -11.6. The number of nitrogens with zero attached hydrogens (tertiary/aromatic N) is 1. The quantitative estimate of drug-likeness (QED) is 0.244. The minimum Gasteiger partial charge on any atom is -0.480 e. The van der Waals surface area contributed by atoms with Crippen LogP contribution in [-0.4, -0.2) is 86.9 Å². The Hall–Kier alpha value is -1.50. The van der Waals surface area contributed by atoms with Gasteiger partial charge in [-0.2, -0.15) is 39.5 Å². The van der Waals surface area contributed by atoms with Crippen LogP contribution in [-0.2, 0) is 14.8 Å². The third-order valence-corrected chi connectivity index (χ3v) is 6.00. The highest BCUT2D eigenvalue weighted by molar-refractivity contribution is 7.89. The van der Waals surface area contributed by atoms with Crippen LogP contribution in [0.5, 0.6) is 0 Å². The van der Waals surface area contributed by atoms with Crippen molar-refractivity contribution in [2.45, 2.75) is 55.8 Å². The second-order valence-electron chi connectivity index (χ2n) is 7.75. The lowest BCUT2D eigenvalue weighted by Gasteiger charge is -2.34. The first-order chi connectivity index (χ1) is 15.3. The van der Waals surface area contributed by atoms with E-state index < -0.39 is 90.1 Å². The van der Waals surface area contributed by atoms with E-state index in [1.54, 1.807) is 4.72 Å². The number of likely N-dealkylation sites (N-methyl/N-ethyl adjacent to an activating group) is 1. The van der Waals surface area contributed by atoms with Crippen LogP contribution in [0.15, 0.2) is 0 Å². The SMILES string of the molecule is CN(CCCNS(=O)(=O)CCC(F)(F)CC(CC(F)(C(F)(F)F)C(F)(F)F)C(F)(F)F)CC(=O)O. The summed E-state index contributed by atoms with van der Waals surface area (Å²) >= 11 is 0. The number of sulfonamides is 1. The first-order valence-corrected chi connectivity index (χ1v) is 11.1. The standard InChI is InChI=1S/C16H22F12N2O4S/c1-30(9-11(31)32)5-2-4-29-35(33,34)6-3-12(17,18)7-10(14(20,21)22)8-13(19,15(23,24)25)16(26,27)28/h10,29H,2-9H2,1H3,(H,31,32). The third-order valence-electron chi connectivity index (χ3n) is 4.61. The molecule has 0 aromatic carbocycles. The van der Waals surface area contributed by atoms with Crippen LogP contribution in [0.3, 0.4) is 0 Å². The largest absolute Gasteiger partial charge is 0.480 e. The predicted octanol–water partition coefficient (Wildman–Crippen LogP) is 4.13. The first-order valence-electron chi connectivity index (χ1n) is 9.47. The van der Waals surface area contributed by atoms with Gasteiger partial charge >= 0.3 is 24.5 Å². The van der Waals surface area contributed by atoms with Crippen molar-refractivity contribution >= 4 is 16.0 Å². The van der Waals surface area contributed by atoms with E-state index in [1.165, 1.54) is 11.9 Å². The van der Waals surface area contributed by atoms with Crippen LogP contribution in [0.1, 0.15) is 25.7 Å². The molecule has 6 nitrogen and oxygen atoms in total. The van der Waals surface area contributed by atoms with Crippen LogP contribution in [0, 0.1) is 5.92 Å². The molecule has 0 heterocycles. The average Bonchev–Trinajstić information content (AvgIpc) is 2.60. The van der Waals surface area contributed by atoms with Crippen molar-refractivity contribution in [2.75, 3.05) is 32.4 Å². The Bertz CT molecular complexity index is 782. The average molecular weight is 566 g/mol. The highest BCUT2D eigenvalue weighted by Gasteiger charge is 2.74. The summed E-state index contributed by atoms with van der Waals surface area (Å²) in [7, 11) is -3.20. The number of carboxylic acid groups (broad SMARTS) is 1. The van der Waals surface area contributed by atoms with E-state index in [4.69, 9.17) is 5.11 Å². The van der Waals surface area contributed by atoms with Crippen LogP contribution in [0.25, 0.3) is 0 Å². The molecule has 0 aliphatic carbocycles. The Balaban J connectivity index is 5.24. The van der Waals surface area contributed by atoms with Gasteiger partial charge in [0.25, 0.3) is 5.67 Å². The molecule has 0 fully saturated rings. The van der Waals surface area contributed by atoms with Gasteiger partial charge in [0.15, 0.2) is 0 Å². The Morgan fingerprint density at radius 1 is 0.914 bits per heavy atom. The molecule has 0 aromatic heterocycles. The number of carbonyl (C=O) groups is 1. The second-order valence-corrected chi connectivity index (χ2v) is 9.67. The van der Waals surface area contributed by atoms with E-state index in [1.807, 2.05) is 0 Å². The number of hydrogen-bond acceptors (Lipinski definition) is 4. The van der Waals surface area contributed by atoms with E-state index in [0.717, 1.165) is 0 Å². The van der Waals surface area contributed by atoms with E-state index in [-0.39, 0.29) is 13.0 Å². The molecule has 2 N–H and O–H groups in total. The van der Waals surface area contributed by atoms with Gasteiger partial charge in [-0.1, -0.05) is 0 Å². The molecule has 0 amide bonds. The molecule has 35 heavy (non-hydrogen) atoms. The monoisotopic (exact) mass is 566 g/mol. The number of carboxylic acids is 1. The van der Waals surface area contributed by atoms with Crippen LogP contribution in [0.2, 0.25) is 0 Å². The van der Waals surface area contributed by atoms with Gasteiger partial charge in [0, 0.05) is 25.8 Å². The highest BCUT2D eigenvalue weighted by Crippen LogP contribution is 2.53. The summed E-state index contributed by atoms with van der Waals surface area (Å²) in [4.78, 5) is 11.7. The molecule has 0 radical (unpaired) electrons. The van der Waals surface area contributed by atoms with Crippen molar-refractivity contribution in [1.82, 2.24) is 9.62 Å². The molecule has 0 aromatic rings. The Morgan fingerprint density at radius 2 is 1.40 bits per heavy atom. The zero-order chi connectivity index (χ0) is 28.1. The van der Waals surface area contributed by atoms with E-state index >= 15 is 0 Å². The normalized spacial score (nSPS) is 15.5. The van der Waals surface area contributed by atoms with Gasteiger partial charge in [0.2, 0.25) is 15.9 Å². The van der Waals surface area contributed by atoms with Gasteiger partial charge in [-0.25, -0.2) is 26.3 Å². The molecule has 0 saturated heterocycles. The number of rotatable bonds is 14. The van der Waals surface area contributed by atoms with Gasteiger partial charge in [-0.05, 0) is 20.0 Å². The molecule has 19 heteroatoms. The maximum absolute atomic E-state index is 14.0. The number of alkyl halides is 12. The highest BCUT2D eigenvalue weighted by atomic mass is 32.2. The minimum absolute atomic E-state index is 0.0109. The number of aliphatic carboxylic acids is 1. The van der Waals surface area contributed by atoms with E-state index in [2.05, 4.69) is 0 Å². The summed E-state index contributed by atoms with van der Waals surface area (Å²) in [6.07, 6.45) is -28.0. The van der Waals surface area contributed by atoms with Crippen molar-refractivity contribution in [1.29, 1.82) is 0 Å². The molecular weight excluding hydrogens is 544 g/mol. The van der Waals surface area contributed by atoms with Crippen molar-refractivity contribution in [3.05, 3.63) is 0 Å². The molecule has 0 rings (SSSR count). The lowest BCUT2D eigenvalue weighted by molar-refractivity contribution is -0.353. The molecule has 0 aliphatic heterocycles. The number of nitrogens with one attached hydrogen (secondary N) is 1. The van der Waals surface area contributed by atoms with Gasteiger partial charge in [0.1, 0.15) is 0 Å². The molecule has 0 aliphatic rings. The lowest BCUT2D eigenvalue weighted by atomic mass is 9.86. The molecule has 210 valence electrons. The molecule has 0 saturated carbocycles. The number of halogens is 12. The first kappa shape index (κ1) is 33.5. The summed E-state index contributed by atoms with van der Waals surface area (Å²) in [5, 5.41) is 8.54. The molecular formula is C16H22F12N2O4S. The van der Waals surface area contributed by atoms with Crippen molar-refractivity contribution in [3.8, 4) is 0 Å². The van der Waals surface area contributed by atoms with Crippen molar-refractivity contribution in [3.63, 3.8) is 0 Å². The Morgan fingerprint density at radius 3 is 1.80 bits per heavy atom. The van der Waals surface area contributed by atoms with Gasteiger partial charge in [-0.3, -0.25) is 9.69 Å². The second kappa shape index (κ2) is 11.7. The van der Waals surface area contributed by atoms with Crippen molar-refractivity contribution < 1.29 is 71.0 Å². The summed E-state index contributed by atoms with van der Waals surface area (Å²) < 4.78 is 181. The van der Waals surface area contributed by atoms with Crippen LogP contribution >= 0.6 is 0 Å². The maximum atomic E-state index is 14.0. The topological polar surface area (TPSA) is 86.7 Å². The smallest absolute Gasteiger partial charge is 0.431 e. The number of hydrogen-bond donors (Lipinski definition) is 2. The summed E-state index contributed by atoms with van der Waals surface area (Å²) in [5.41, 5.74) is -6.43. The zero-order valence-electron chi connectivity index (χ0n) is 17.8. The maximum Gasteiger partial charge on any atom is 0.431 e. The fourth-order valence-electron chi connectivity index (χ4n) is 2.74. The molecule has 0 bridgehead atoms. The fraction of sp³-hybridized carbons (Fsp3) is 0.938. The summed E-state index contributed by atoms with van der Waals surface area (Å²) in [6.45, 7) is -0.756. The minimum atomic E-state index is -6.89. The predicted molar refractivity (Wildman–Crippen MR) is 95.8 cm³/mol. The van der Waals surface area contributed by atoms with E-state index in [0.29, 0.717) is 0 Å². The van der Waals surface area contributed by atoms with E-state index in [9.17, 15) is 65.9 Å². The fourth-order valence-corrected chi connectivity index (χ4v) is 3.91. The molecule has 1 atom stereocenters.